The number of hydroxylamine groups is 1. The molecule has 0 aliphatic heterocycles. The van der Waals surface area contributed by atoms with Gasteiger partial charge in [0.1, 0.15) is 0 Å². The third kappa shape index (κ3) is 3.12. The van der Waals surface area contributed by atoms with E-state index in [0.717, 1.165) is 5.56 Å². The molecule has 0 fully saturated rings. The minimum atomic E-state index is -0.595. The van der Waals surface area contributed by atoms with E-state index in [4.69, 9.17) is 11.6 Å². The van der Waals surface area contributed by atoms with Gasteiger partial charge in [0.25, 0.3) is 0 Å². The molecule has 0 saturated heterocycles. The van der Waals surface area contributed by atoms with Gasteiger partial charge in [0.05, 0.1) is 10.7 Å². The smallest absolute Gasteiger partial charge is 0.334 e. The maximum atomic E-state index is 11.5. The number of amides is 2. The molecule has 1 aromatic carbocycles. The van der Waals surface area contributed by atoms with E-state index >= 15 is 0 Å². The van der Waals surface area contributed by atoms with Crippen LogP contribution in [-0.2, 0) is 0 Å². The molecule has 88 valence electrons. The van der Waals surface area contributed by atoms with E-state index in [1.54, 1.807) is 18.2 Å². The Kier molecular flexibility index (Phi) is 4.15. The average molecular weight is 243 g/mol. The predicted molar refractivity (Wildman–Crippen MR) is 64.1 cm³/mol. The van der Waals surface area contributed by atoms with E-state index in [-0.39, 0.29) is 11.7 Å². The molecule has 2 N–H and O–H groups in total. The largest absolute Gasteiger partial charge is 0.346 e. The van der Waals surface area contributed by atoms with Gasteiger partial charge in [-0.1, -0.05) is 17.7 Å². The number of carbonyl (C=O) groups is 1. The molecule has 0 saturated carbocycles. The van der Waals surface area contributed by atoms with Crippen LogP contribution in [0.4, 0.5) is 10.5 Å². The number of anilines is 1. The second-order valence-electron chi connectivity index (χ2n) is 3.87. The molecule has 0 radical (unpaired) electrons. The summed E-state index contributed by atoms with van der Waals surface area (Å²) in [6.45, 7) is 5.47. The molecule has 5 heteroatoms. The summed E-state index contributed by atoms with van der Waals surface area (Å²) in [5.74, 6) is 0. The number of carbonyl (C=O) groups excluding carboxylic acids is 1. The molecule has 0 aromatic heterocycles. The van der Waals surface area contributed by atoms with Crippen molar-refractivity contribution in [2.75, 3.05) is 5.06 Å². The Labute approximate surface area is 99.8 Å². The number of nitrogens with one attached hydrogen (secondary N) is 1. The standard InChI is InChI=1S/C11H15ClN2O2/c1-7(2)13-11(15)14(16)10-6-8(3)4-5-9(10)12/h4-7,16H,1-3H3,(H,13,15). The molecule has 0 unspecified atom stereocenters. The summed E-state index contributed by atoms with van der Waals surface area (Å²) >= 11 is 5.89. The van der Waals surface area contributed by atoms with Crippen LogP contribution < -0.4 is 10.4 Å². The molecule has 0 spiro atoms. The highest BCUT2D eigenvalue weighted by atomic mass is 35.5. The van der Waals surface area contributed by atoms with Gasteiger partial charge in [-0.2, -0.15) is 5.06 Å². The first-order valence-corrected chi connectivity index (χ1v) is 5.35. The SMILES string of the molecule is Cc1ccc(Cl)c(N(O)C(=O)NC(C)C)c1. The number of hydrogen-bond acceptors (Lipinski definition) is 2. The zero-order valence-corrected chi connectivity index (χ0v) is 10.2. The molecular weight excluding hydrogens is 228 g/mol. The van der Waals surface area contributed by atoms with Gasteiger partial charge in [0.2, 0.25) is 0 Å². The summed E-state index contributed by atoms with van der Waals surface area (Å²) in [5, 5.41) is 13.1. The minimum absolute atomic E-state index is 0.0502. The molecule has 0 heterocycles. The van der Waals surface area contributed by atoms with Gasteiger partial charge in [-0.3, -0.25) is 5.21 Å². The second-order valence-corrected chi connectivity index (χ2v) is 4.28. The summed E-state index contributed by atoms with van der Waals surface area (Å²) < 4.78 is 0. The van der Waals surface area contributed by atoms with Crippen molar-refractivity contribution in [3.8, 4) is 0 Å². The minimum Gasteiger partial charge on any atom is -0.334 e. The summed E-state index contributed by atoms with van der Waals surface area (Å²) in [4.78, 5) is 11.5. The normalized spacial score (nSPS) is 10.4. The lowest BCUT2D eigenvalue weighted by atomic mass is 10.2. The second kappa shape index (κ2) is 5.18. The number of benzene rings is 1. The first-order chi connectivity index (χ1) is 7.41. The van der Waals surface area contributed by atoms with Crippen molar-refractivity contribution in [3.63, 3.8) is 0 Å². The van der Waals surface area contributed by atoms with Gasteiger partial charge in [-0.05, 0) is 38.5 Å². The monoisotopic (exact) mass is 242 g/mol. The lowest BCUT2D eigenvalue weighted by Gasteiger charge is -2.19. The highest BCUT2D eigenvalue weighted by molar-refractivity contribution is 6.33. The number of rotatable bonds is 2. The lowest BCUT2D eigenvalue weighted by molar-refractivity contribution is 0.202. The van der Waals surface area contributed by atoms with Crippen LogP contribution in [0, 0.1) is 6.92 Å². The Bertz CT molecular complexity index is 394. The molecule has 0 aliphatic carbocycles. The van der Waals surface area contributed by atoms with Crippen LogP contribution in [0.2, 0.25) is 5.02 Å². The Morgan fingerprint density at radius 2 is 2.12 bits per heavy atom. The van der Waals surface area contributed by atoms with E-state index in [1.807, 2.05) is 20.8 Å². The molecule has 2 amide bonds. The van der Waals surface area contributed by atoms with Crippen LogP contribution in [-0.4, -0.2) is 17.3 Å². The van der Waals surface area contributed by atoms with E-state index in [1.165, 1.54) is 0 Å². The Balaban J connectivity index is 2.91. The molecule has 0 bridgehead atoms. The van der Waals surface area contributed by atoms with E-state index in [9.17, 15) is 10.0 Å². The zero-order valence-electron chi connectivity index (χ0n) is 9.49. The Morgan fingerprint density at radius 3 is 2.69 bits per heavy atom. The number of nitrogens with zero attached hydrogens (tertiary/aromatic N) is 1. The molecule has 1 rings (SSSR count). The number of urea groups is 1. The van der Waals surface area contributed by atoms with Crippen molar-refractivity contribution in [1.82, 2.24) is 5.32 Å². The first-order valence-electron chi connectivity index (χ1n) is 4.97. The van der Waals surface area contributed by atoms with Crippen molar-refractivity contribution in [2.24, 2.45) is 0 Å². The summed E-state index contributed by atoms with van der Waals surface area (Å²) in [5.41, 5.74) is 1.19. The summed E-state index contributed by atoms with van der Waals surface area (Å²) in [7, 11) is 0. The third-order valence-corrected chi connectivity index (χ3v) is 2.25. The molecule has 1 aromatic rings. The van der Waals surface area contributed by atoms with E-state index < -0.39 is 6.03 Å². The highest BCUT2D eigenvalue weighted by Crippen LogP contribution is 2.25. The lowest BCUT2D eigenvalue weighted by Crippen LogP contribution is -2.41. The highest BCUT2D eigenvalue weighted by Gasteiger charge is 2.16. The number of hydrogen-bond donors (Lipinski definition) is 2. The molecule has 0 atom stereocenters. The van der Waals surface area contributed by atoms with E-state index in [0.29, 0.717) is 10.1 Å². The maximum absolute atomic E-state index is 11.5. The van der Waals surface area contributed by atoms with Crippen LogP contribution in [0.5, 0.6) is 0 Å². The van der Waals surface area contributed by atoms with Gasteiger partial charge in [-0.15, -0.1) is 0 Å². The predicted octanol–water partition coefficient (Wildman–Crippen LogP) is 2.96. The zero-order chi connectivity index (χ0) is 12.3. The van der Waals surface area contributed by atoms with Crippen LogP contribution >= 0.6 is 11.6 Å². The van der Waals surface area contributed by atoms with Crippen molar-refractivity contribution in [1.29, 1.82) is 0 Å². The molecule has 16 heavy (non-hydrogen) atoms. The van der Waals surface area contributed by atoms with Crippen LogP contribution in [0.3, 0.4) is 0 Å². The molecule has 0 aliphatic rings. The van der Waals surface area contributed by atoms with Gasteiger partial charge in [0, 0.05) is 6.04 Å². The number of aryl methyl sites for hydroxylation is 1. The first kappa shape index (κ1) is 12.8. The fourth-order valence-electron chi connectivity index (χ4n) is 1.20. The van der Waals surface area contributed by atoms with Gasteiger partial charge in [0.15, 0.2) is 0 Å². The number of halogens is 1. The third-order valence-electron chi connectivity index (χ3n) is 1.93. The Hall–Kier alpha value is -1.26. The average Bonchev–Trinajstić information content (AvgIpc) is 2.19. The Morgan fingerprint density at radius 1 is 1.50 bits per heavy atom. The fourth-order valence-corrected chi connectivity index (χ4v) is 1.40. The van der Waals surface area contributed by atoms with Crippen molar-refractivity contribution < 1.29 is 10.0 Å². The summed E-state index contributed by atoms with van der Waals surface area (Å²) in [6.07, 6.45) is 0. The van der Waals surface area contributed by atoms with Crippen LogP contribution in [0.15, 0.2) is 18.2 Å². The van der Waals surface area contributed by atoms with E-state index in [2.05, 4.69) is 5.32 Å². The molecule has 4 nitrogen and oxygen atoms in total. The van der Waals surface area contributed by atoms with Crippen molar-refractivity contribution in [3.05, 3.63) is 28.8 Å². The summed E-state index contributed by atoms with van der Waals surface area (Å²) in [6, 6.07) is 4.44. The van der Waals surface area contributed by atoms with Crippen LogP contribution in [0.25, 0.3) is 0 Å². The fraction of sp³-hybridized carbons (Fsp3) is 0.364. The maximum Gasteiger partial charge on any atom is 0.346 e. The quantitative estimate of drug-likeness (QED) is 0.619. The van der Waals surface area contributed by atoms with Crippen LogP contribution in [0.1, 0.15) is 19.4 Å². The van der Waals surface area contributed by atoms with Gasteiger partial charge >= 0.3 is 6.03 Å². The van der Waals surface area contributed by atoms with Crippen molar-refractivity contribution >= 4 is 23.3 Å². The molecular formula is C11H15ClN2O2. The van der Waals surface area contributed by atoms with Crippen molar-refractivity contribution in [2.45, 2.75) is 26.8 Å². The topological polar surface area (TPSA) is 52.6 Å². The van der Waals surface area contributed by atoms with Gasteiger partial charge in [-0.25, -0.2) is 4.79 Å². The van der Waals surface area contributed by atoms with Gasteiger partial charge < -0.3 is 5.32 Å².